The third kappa shape index (κ3) is 3.49. The van der Waals surface area contributed by atoms with E-state index < -0.39 is 5.78 Å². The van der Waals surface area contributed by atoms with Crippen LogP contribution in [0.2, 0.25) is 0 Å². The van der Waals surface area contributed by atoms with Crippen LogP contribution in [0.15, 0.2) is 48.5 Å². The van der Waals surface area contributed by atoms with Crippen molar-refractivity contribution < 1.29 is 9.47 Å². The minimum atomic E-state index is -1.00. The molecule has 0 spiro atoms. The molecule has 2 aromatic carbocycles. The molecule has 8 heteroatoms. The molecule has 1 aliphatic rings. The van der Waals surface area contributed by atoms with Gasteiger partial charge in [0.15, 0.2) is 0 Å². The second-order valence-electron chi connectivity index (χ2n) is 4.55. The van der Waals surface area contributed by atoms with Crippen molar-refractivity contribution in [2.24, 2.45) is 0 Å². The van der Waals surface area contributed by atoms with Gasteiger partial charge < -0.3 is 0 Å². The van der Waals surface area contributed by atoms with E-state index in [0.29, 0.717) is 28.1 Å². The van der Waals surface area contributed by atoms with Crippen molar-refractivity contribution in [2.45, 2.75) is 0 Å². The standard InChI is InChI=1S/C14H14O2P2Se4/c1-15-11-3-7-13(8-4-11)17(19)21-18(20,22-17)14-9-5-12(16-2)6-10-14/h3-10H,1-2H3. The van der Waals surface area contributed by atoms with Crippen LogP contribution < -0.4 is 20.1 Å². The summed E-state index contributed by atoms with van der Waals surface area (Å²) < 4.78 is 8.53. The monoisotopic (exact) mass is 596 g/mol. The zero-order chi connectivity index (χ0) is 15.8. The molecule has 0 atom stereocenters. The second-order valence-corrected chi connectivity index (χ2v) is 56.8. The Morgan fingerprint density at radius 2 is 1.00 bits per heavy atom. The fraction of sp³-hybridized carbons (Fsp3) is 0.143. The Hall–Kier alpha value is 0.978. The third-order valence-electron chi connectivity index (χ3n) is 3.21. The molecular weight excluding hydrogens is 578 g/mol. The first kappa shape index (κ1) is 17.8. The topological polar surface area (TPSA) is 18.5 Å². The Labute approximate surface area is 157 Å². The number of hydrogen-bond donors (Lipinski definition) is 0. The van der Waals surface area contributed by atoms with Gasteiger partial charge in [0, 0.05) is 0 Å². The average Bonchev–Trinajstić information content (AvgIpc) is 2.53. The molecule has 0 amide bonds. The predicted octanol–water partition coefficient (Wildman–Crippen LogP) is 1.94. The van der Waals surface area contributed by atoms with Crippen LogP contribution in [-0.2, 0) is 0 Å². The fourth-order valence-corrected chi connectivity index (χ4v) is 161. The van der Waals surface area contributed by atoms with Crippen LogP contribution in [0, 0.1) is 0 Å². The predicted molar refractivity (Wildman–Crippen MR) is 102 cm³/mol. The first-order chi connectivity index (χ1) is 10.5. The molecule has 3 rings (SSSR count). The second kappa shape index (κ2) is 7.07. The molecule has 0 unspecified atom stereocenters. The number of ether oxygens (including phenoxy) is 2. The molecule has 0 aromatic heterocycles. The van der Waals surface area contributed by atoms with E-state index in [-0.39, 0.29) is 0 Å². The molecule has 0 aliphatic carbocycles. The van der Waals surface area contributed by atoms with E-state index in [1.807, 2.05) is 0 Å². The summed E-state index contributed by atoms with van der Waals surface area (Å²) in [6, 6.07) is 17.4. The van der Waals surface area contributed by atoms with Gasteiger partial charge in [-0.3, -0.25) is 0 Å². The number of benzene rings is 2. The SMILES string of the molecule is COc1ccc(P2(=[Se])[Se]P(=[Se])(c3ccc(OC)cc3)[Se]2)cc1. The Morgan fingerprint density at radius 3 is 1.27 bits per heavy atom. The van der Waals surface area contributed by atoms with E-state index >= 15 is 0 Å². The molecule has 1 fully saturated rings. The molecule has 2 aromatic rings. The van der Waals surface area contributed by atoms with Crippen molar-refractivity contribution in [2.75, 3.05) is 14.2 Å². The van der Waals surface area contributed by atoms with Crippen molar-refractivity contribution in [1.82, 2.24) is 0 Å². The van der Waals surface area contributed by atoms with Gasteiger partial charge in [-0.15, -0.1) is 0 Å². The Bertz CT molecular complexity index is 695. The van der Waals surface area contributed by atoms with Crippen LogP contribution in [0.25, 0.3) is 0 Å². The van der Waals surface area contributed by atoms with E-state index in [2.05, 4.69) is 78.7 Å². The zero-order valence-corrected chi connectivity index (χ0v) is 20.6. The third-order valence-corrected chi connectivity index (χ3v) is 85.0. The minimum absolute atomic E-state index is 0.656. The molecule has 0 N–H and O–H groups in total. The van der Waals surface area contributed by atoms with Gasteiger partial charge >= 0.3 is 158 Å². The Morgan fingerprint density at radius 1 is 0.682 bits per heavy atom. The van der Waals surface area contributed by atoms with Gasteiger partial charge in [-0.25, -0.2) is 0 Å². The van der Waals surface area contributed by atoms with E-state index in [1.54, 1.807) is 14.2 Å². The summed E-state index contributed by atoms with van der Waals surface area (Å²) in [7, 11) is 3.44. The number of hydrogen-bond acceptors (Lipinski definition) is 2. The normalized spacial score (nSPS) is 27.0. The first-order valence-electron chi connectivity index (χ1n) is 6.41. The number of methoxy groups -OCH3 is 2. The van der Waals surface area contributed by atoms with Gasteiger partial charge in [0.05, 0.1) is 0 Å². The summed E-state index contributed by atoms with van der Waals surface area (Å²) in [5.74, 6) is 1.88. The van der Waals surface area contributed by atoms with Crippen LogP contribution in [0.4, 0.5) is 0 Å². The maximum absolute atomic E-state index is 5.27. The van der Waals surface area contributed by atoms with Gasteiger partial charge in [0.1, 0.15) is 0 Å². The van der Waals surface area contributed by atoms with E-state index in [1.165, 1.54) is 10.6 Å². The molecule has 116 valence electrons. The van der Waals surface area contributed by atoms with Gasteiger partial charge in [-0.2, -0.15) is 0 Å². The first-order valence-corrected chi connectivity index (χ1v) is 23.3. The van der Waals surface area contributed by atoms with E-state index in [4.69, 9.17) is 9.47 Å². The molecule has 0 radical (unpaired) electrons. The number of rotatable bonds is 4. The van der Waals surface area contributed by atoms with Crippen molar-refractivity contribution in [3.05, 3.63) is 48.5 Å². The molecule has 0 saturated carbocycles. The van der Waals surface area contributed by atoms with Crippen LogP contribution in [0.3, 0.4) is 0 Å². The van der Waals surface area contributed by atoms with E-state index in [0.717, 1.165) is 11.5 Å². The molecule has 22 heavy (non-hydrogen) atoms. The summed E-state index contributed by atoms with van der Waals surface area (Å²) >= 11 is 8.51. The maximum atomic E-state index is 5.27. The van der Waals surface area contributed by atoms with E-state index in [9.17, 15) is 0 Å². The molecule has 1 saturated heterocycles. The van der Waals surface area contributed by atoms with Crippen molar-refractivity contribution in [3.63, 3.8) is 0 Å². The summed E-state index contributed by atoms with van der Waals surface area (Å²) in [4.78, 5) is 0. The van der Waals surface area contributed by atoms with Crippen molar-refractivity contribution in [1.29, 1.82) is 0 Å². The van der Waals surface area contributed by atoms with Crippen LogP contribution in [0.1, 0.15) is 0 Å². The van der Waals surface area contributed by atoms with Crippen LogP contribution in [-0.4, -0.2) is 72.6 Å². The van der Waals surface area contributed by atoms with Crippen molar-refractivity contribution >= 4 is 74.7 Å². The summed E-state index contributed by atoms with van der Waals surface area (Å²) in [5, 5.41) is 3.04. The molecule has 0 bridgehead atoms. The molecular formula is C14H14O2P2Se4. The Kier molecular flexibility index (Phi) is 5.72. The Balaban J connectivity index is 1.81. The molecule has 2 nitrogen and oxygen atoms in total. The van der Waals surface area contributed by atoms with Crippen LogP contribution >= 0.6 is 5.78 Å². The summed E-state index contributed by atoms with van der Waals surface area (Å²) in [5.41, 5.74) is 0. The fourth-order valence-electron chi connectivity index (χ4n) is 2.01. The van der Waals surface area contributed by atoms with Gasteiger partial charge in [0.2, 0.25) is 0 Å². The summed E-state index contributed by atoms with van der Waals surface area (Å²) in [6.45, 7) is 0. The van der Waals surface area contributed by atoms with Gasteiger partial charge in [0.25, 0.3) is 0 Å². The molecule has 1 heterocycles. The molecule has 1 aliphatic heterocycles. The van der Waals surface area contributed by atoms with Crippen molar-refractivity contribution in [3.8, 4) is 11.5 Å². The van der Waals surface area contributed by atoms with Gasteiger partial charge in [-0.1, -0.05) is 0 Å². The van der Waals surface area contributed by atoms with Crippen LogP contribution in [0.5, 0.6) is 11.5 Å². The average molecular weight is 592 g/mol. The van der Waals surface area contributed by atoms with Gasteiger partial charge in [-0.05, 0) is 0 Å². The quantitative estimate of drug-likeness (QED) is 0.400. The summed E-state index contributed by atoms with van der Waals surface area (Å²) in [6.07, 6.45) is 0. The zero-order valence-electron chi connectivity index (χ0n) is 12.0.